The number of carbonyl (C=O) groups is 2. The molecule has 1 saturated heterocycles. The van der Waals surface area contributed by atoms with Gasteiger partial charge in [-0.2, -0.15) is 0 Å². The summed E-state index contributed by atoms with van der Waals surface area (Å²) in [5.74, 6) is -1.07. The average molecular weight is 404 g/mol. The zero-order valence-corrected chi connectivity index (χ0v) is 17.9. The van der Waals surface area contributed by atoms with Gasteiger partial charge in [-0.25, -0.2) is 0 Å². The molecule has 1 aliphatic carbocycles. The van der Waals surface area contributed by atoms with Gasteiger partial charge in [-0.3, -0.25) is 9.59 Å². The Morgan fingerprint density at radius 3 is 2.40 bits per heavy atom. The summed E-state index contributed by atoms with van der Waals surface area (Å²) in [6.07, 6.45) is 3.04. The number of rotatable bonds is 4. The summed E-state index contributed by atoms with van der Waals surface area (Å²) in [4.78, 5) is 28.8. The molecule has 2 aromatic rings. The zero-order chi connectivity index (χ0) is 21.3. The van der Waals surface area contributed by atoms with Crippen LogP contribution in [0.4, 0.5) is 0 Å². The molecule has 1 heterocycles. The van der Waals surface area contributed by atoms with E-state index in [0.717, 1.165) is 30.5 Å². The summed E-state index contributed by atoms with van der Waals surface area (Å²) in [7, 11) is 0. The molecule has 4 rings (SSSR count). The number of likely N-dealkylation sites (tertiary alicyclic amines) is 1. The lowest BCUT2D eigenvalue weighted by Crippen LogP contribution is -2.56. The molecule has 1 aliphatic heterocycles. The van der Waals surface area contributed by atoms with Crippen LogP contribution >= 0.6 is 0 Å². The predicted octanol–water partition coefficient (Wildman–Crippen LogP) is 5.35. The van der Waals surface area contributed by atoms with E-state index < -0.39 is 11.9 Å². The lowest BCUT2D eigenvalue weighted by Gasteiger charge is -2.52. The highest BCUT2D eigenvalue weighted by Gasteiger charge is 2.55. The van der Waals surface area contributed by atoms with Crippen LogP contribution in [0.1, 0.15) is 45.6 Å². The first kappa shape index (κ1) is 20.4. The van der Waals surface area contributed by atoms with Crippen molar-refractivity contribution in [3.63, 3.8) is 0 Å². The van der Waals surface area contributed by atoms with Crippen molar-refractivity contribution in [1.29, 1.82) is 0 Å². The highest BCUT2D eigenvalue weighted by Crippen LogP contribution is 2.54. The van der Waals surface area contributed by atoms with Gasteiger partial charge in [0.25, 0.3) is 0 Å². The Hall–Kier alpha value is -2.88. The number of carbonyl (C=O) groups excluding carboxylic acids is 2. The van der Waals surface area contributed by atoms with Gasteiger partial charge in [-0.1, -0.05) is 68.0 Å². The molecule has 0 saturated carbocycles. The summed E-state index contributed by atoms with van der Waals surface area (Å²) in [6, 6.07) is 19.0. The predicted molar refractivity (Wildman–Crippen MR) is 116 cm³/mol. The maximum Gasteiger partial charge on any atom is 0.324 e. The smallest absolute Gasteiger partial charge is 0.324 e. The molecular formula is C26H29NO3. The van der Waals surface area contributed by atoms with Gasteiger partial charge in [0.05, 0.1) is 6.54 Å². The van der Waals surface area contributed by atoms with E-state index in [4.69, 9.17) is 4.74 Å². The lowest BCUT2D eigenvalue weighted by molar-refractivity contribution is -0.158. The number of piperidine rings is 1. The first-order valence-electron chi connectivity index (χ1n) is 10.7. The van der Waals surface area contributed by atoms with Crippen LogP contribution in [0.2, 0.25) is 0 Å². The van der Waals surface area contributed by atoms with Crippen molar-refractivity contribution in [2.75, 3.05) is 0 Å². The van der Waals surface area contributed by atoms with Gasteiger partial charge in [0.1, 0.15) is 11.7 Å². The number of allylic oxidation sites excluding steroid dienone is 2. The van der Waals surface area contributed by atoms with Crippen molar-refractivity contribution < 1.29 is 14.3 Å². The minimum absolute atomic E-state index is 0.126. The fourth-order valence-corrected chi connectivity index (χ4v) is 5.18. The Morgan fingerprint density at radius 2 is 1.73 bits per heavy atom. The van der Waals surface area contributed by atoms with Gasteiger partial charge >= 0.3 is 5.97 Å². The summed E-state index contributed by atoms with van der Waals surface area (Å²) < 4.78 is 5.64. The molecule has 2 unspecified atom stereocenters. The second kappa shape index (κ2) is 8.10. The van der Waals surface area contributed by atoms with Gasteiger partial charge in [0, 0.05) is 11.1 Å². The van der Waals surface area contributed by atoms with Crippen LogP contribution in [0.15, 0.2) is 71.9 Å². The minimum atomic E-state index is -0.812. The highest BCUT2D eigenvalue weighted by molar-refractivity contribution is 6.00. The molecule has 1 fully saturated rings. The first-order valence-corrected chi connectivity index (χ1v) is 10.7. The van der Waals surface area contributed by atoms with Crippen LogP contribution in [0.3, 0.4) is 0 Å². The Kier molecular flexibility index (Phi) is 5.50. The Bertz CT molecular complexity index is 966. The van der Waals surface area contributed by atoms with Crippen molar-refractivity contribution in [3.8, 4) is 5.75 Å². The molecule has 0 radical (unpaired) electrons. The molecule has 3 atom stereocenters. The van der Waals surface area contributed by atoms with Gasteiger partial charge in [-0.15, -0.1) is 0 Å². The largest absolute Gasteiger partial charge is 0.426 e. The van der Waals surface area contributed by atoms with E-state index in [2.05, 4.69) is 13.8 Å². The standard InChI is InChI=1S/C26H29NO3/c1-18-11-10-16-26(3)19(2)22(25(29)30-21-14-8-5-9-15-21)24(28)27(23(18)26)17-20-12-6-4-7-13-20/h4-9,12-15,19,22H,10-11,16-17H2,1-3H3/t19?,22?,26-/m0/s1. The fraction of sp³-hybridized carbons (Fsp3) is 0.385. The fourth-order valence-electron chi connectivity index (χ4n) is 5.18. The number of para-hydroxylation sites is 1. The van der Waals surface area contributed by atoms with E-state index in [-0.39, 0.29) is 17.2 Å². The molecule has 4 heteroatoms. The maximum absolute atomic E-state index is 13.7. The number of fused-ring (bicyclic) bond motifs is 1. The molecular weight excluding hydrogens is 374 g/mol. The van der Waals surface area contributed by atoms with E-state index in [1.54, 1.807) is 12.1 Å². The second-order valence-corrected chi connectivity index (χ2v) is 8.81. The van der Waals surface area contributed by atoms with Crippen LogP contribution < -0.4 is 4.74 Å². The number of esters is 1. The van der Waals surface area contributed by atoms with E-state index in [1.165, 1.54) is 5.57 Å². The van der Waals surface area contributed by atoms with Crippen molar-refractivity contribution in [1.82, 2.24) is 4.90 Å². The first-order chi connectivity index (χ1) is 14.4. The third-order valence-corrected chi connectivity index (χ3v) is 6.90. The molecule has 30 heavy (non-hydrogen) atoms. The van der Waals surface area contributed by atoms with Crippen molar-refractivity contribution in [3.05, 3.63) is 77.5 Å². The number of benzene rings is 2. The Balaban J connectivity index is 1.72. The van der Waals surface area contributed by atoms with E-state index in [9.17, 15) is 9.59 Å². The molecule has 0 bridgehead atoms. The number of ether oxygens (including phenoxy) is 1. The van der Waals surface area contributed by atoms with Crippen LogP contribution in [0.5, 0.6) is 5.75 Å². The summed E-state index contributed by atoms with van der Waals surface area (Å²) in [5.41, 5.74) is 3.20. The quantitative estimate of drug-likeness (QED) is 0.393. The van der Waals surface area contributed by atoms with Crippen LogP contribution in [-0.4, -0.2) is 16.8 Å². The van der Waals surface area contributed by atoms with E-state index in [1.807, 2.05) is 60.4 Å². The zero-order valence-electron chi connectivity index (χ0n) is 17.9. The normalized spacial score (nSPS) is 26.4. The summed E-state index contributed by atoms with van der Waals surface area (Å²) >= 11 is 0. The molecule has 2 aliphatic rings. The van der Waals surface area contributed by atoms with E-state index in [0.29, 0.717) is 12.3 Å². The molecule has 0 spiro atoms. The third kappa shape index (κ3) is 3.55. The van der Waals surface area contributed by atoms with Crippen molar-refractivity contribution >= 4 is 11.9 Å². The van der Waals surface area contributed by atoms with Gasteiger partial charge in [0.2, 0.25) is 5.91 Å². The average Bonchev–Trinajstić information content (AvgIpc) is 2.73. The van der Waals surface area contributed by atoms with Crippen LogP contribution in [0, 0.1) is 17.3 Å². The SMILES string of the molecule is CC1=C2N(Cc3ccccc3)C(=O)C(C(=O)Oc3ccccc3)C(C)[C@]2(C)CCC1. The van der Waals surface area contributed by atoms with Gasteiger partial charge in [0.15, 0.2) is 0 Å². The molecule has 4 nitrogen and oxygen atoms in total. The van der Waals surface area contributed by atoms with Gasteiger partial charge < -0.3 is 9.64 Å². The summed E-state index contributed by atoms with van der Waals surface area (Å²) in [6.45, 7) is 6.85. The monoisotopic (exact) mass is 403 g/mol. The molecule has 156 valence electrons. The molecule has 1 amide bonds. The number of amides is 1. The number of hydrogen-bond acceptors (Lipinski definition) is 3. The van der Waals surface area contributed by atoms with Gasteiger partial charge in [-0.05, 0) is 49.8 Å². The van der Waals surface area contributed by atoms with Crippen LogP contribution in [0.25, 0.3) is 0 Å². The Morgan fingerprint density at radius 1 is 1.10 bits per heavy atom. The lowest BCUT2D eigenvalue weighted by atomic mass is 9.60. The molecule has 0 aromatic heterocycles. The summed E-state index contributed by atoms with van der Waals surface area (Å²) in [5, 5.41) is 0. The van der Waals surface area contributed by atoms with Crippen molar-refractivity contribution in [2.24, 2.45) is 17.3 Å². The number of nitrogens with zero attached hydrogens (tertiary/aromatic N) is 1. The molecule has 2 aromatic carbocycles. The maximum atomic E-state index is 13.7. The third-order valence-electron chi connectivity index (χ3n) is 6.90. The number of hydrogen-bond donors (Lipinski definition) is 0. The van der Waals surface area contributed by atoms with E-state index >= 15 is 0 Å². The second-order valence-electron chi connectivity index (χ2n) is 8.81. The van der Waals surface area contributed by atoms with Crippen molar-refractivity contribution in [2.45, 2.75) is 46.6 Å². The minimum Gasteiger partial charge on any atom is -0.426 e. The Labute approximate surface area is 178 Å². The topological polar surface area (TPSA) is 46.6 Å². The highest BCUT2D eigenvalue weighted by atomic mass is 16.5. The molecule has 0 N–H and O–H groups in total. The van der Waals surface area contributed by atoms with Crippen LogP contribution in [-0.2, 0) is 16.1 Å².